The summed E-state index contributed by atoms with van der Waals surface area (Å²) in [7, 11) is 0. The lowest BCUT2D eigenvalue weighted by molar-refractivity contribution is -0.386. The highest BCUT2D eigenvalue weighted by Gasteiger charge is 2.24. The fourth-order valence-electron chi connectivity index (χ4n) is 1.26. The van der Waals surface area contributed by atoms with E-state index in [0.29, 0.717) is 6.61 Å². The van der Waals surface area contributed by atoms with Crippen LogP contribution in [-0.4, -0.2) is 23.2 Å². The van der Waals surface area contributed by atoms with E-state index in [1.807, 2.05) is 0 Å². The topological polar surface area (TPSA) is 81.8 Å². The summed E-state index contributed by atoms with van der Waals surface area (Å²) in [5.74, 6) is 0.0861. The molecule has 1 aromatic carbocycles. The lowest BCUT2D eigenvalue weighted by Gasteiger charge is -2.17. The lowest BCUT2D eigenvalue weighted by atomic mass is 10.2. The average molecular weight is 197 g/mol. The SMILES string of the molecule is O=[N+]([O-])c1cc(O)cc2c1OCCO2. The molecule has 0 radical (unpaired) electrons. The van der Waals surface area contributed by atoms with E-state index in [0.717, 1.165) is 6.07 Å². The number of nitro groups is 1. The Kier molecular flexibility index (Phi) is 1.88. The largest absolute Gasteiger partial charge is 0.508 e. The van der Waals surface area contributed by atoms with Crippen molar-refractivity contribution < 1.29 is 19.5 Å². The Morgan fingerprint density at radius 3 is 2.79 bits per heavy atom. The Hall–Kier alpha value is -1.98. The quantitative estimate of drug-likeness (QED) is 0.537. The molecule has 0 amide bonds. The number of aromatic hydroxyl groups is 1. The summed E-state index contributed by atoms with van der Waals surface area (Å²) in [5, 5.41) is 19.8. The Morgan fingerprint density at radius 2 is 2.07 bits per heavy atom. The molecule has 14 heavy (non-hydrogen) atoms. The van der Waals surface area contributed by atoms with Crippen molar-refractivity contribution in [3.63, 3.8) is 0 Å². The summed E-state index contributed by atoms with van der Waals surface area (Å²) in [6.07, 6.45) is 0. The van der Waals surface area contributed by atoms with Gasteiger partial charge in [0.1, 0.15) is 19.0 Å². The predicted octanol–water partition coefficient (Wildman–Crippen LogP) is 1.07. The van der Waals surface area contributed by atoms with Crippen LogP contribution in [0.25, 0.3) is 0 Å². The molecule has 0 bridgehead atoms. The van der Waals surface area contributed by atoms with Gasteiger partial charge in [-0.25, -0.2) is 0 Å². The van der Waals surface area contributed by atoms with Crippen molar-refractivity contribution in [3.8, 4) is 17.2 Å². The summed E-state index contributed by atoms with van der Waals surface area (Å²) in [4.78, 5) is 9.97. The molecule has 6 heteroatoms. The van der Waals surface area contributed by atoms with E-state index >= 15 is 0 Å². The fourth-order valence-corrected chi connectivity index (χ4v) is 1.26. The van der Waals surface area contributed by atoms with Gasteiger partial charge in [-0.05, 0) is 0 Å². The number of benzene rings is 1. The Bertz CT molecular complexity index is 390. The van der Waals surface area contributed by atoms with Gasteiger partial charge in [0.25, 0.3) is 0 Å². The second-order valence-electron chi connectivity index (χ2n) is 2.75. The summed E-state index contributed by atoms with van der Waals surface area (Å²) >= 11 is 0. The van der Waals surface area contributed by atoms with Gasteiger partial charge in [-0.15, -0.1) is 0 Å². The first-order chi connectivity index (χ1) is 6.68. The number of hydrogen-bond acceptors (Lipinski definition) is 5. The van der Waals surface area contributed by atoms with Crippen LogP contribution in [0.2, 0.25) is 0 Å². The number of hydrogen-bond donors (Lipinski definition) is 1. The molecular formula is C8H7NO5. The second-order valence-corrected chi connectivity index (χ2v) is 2.75. The number of phenols is 1. The van der Waals surface area contributed by atoms with E-state index in [9.17, 15) is 15.2 Å². The van der Waals surface area contributed by atoms with Crippen molar-refractivity contribution in [3.05, 3.63) is 22.2 Å². The Balaban J connectivity index is 2.58. The molecule has 6 nitrogen and oxygen atoms in total. The van der Waals surface area contributed by atoms with Crippen LogP contribution in [0.5, 0.6) is 17.2 Å². The molecule has 1 aromatic rings. The first-order valence-corrected chi connectivity index (χ1v) is 3.95. The van der Waals surface area contributed by atoms with Crippen LogP contribution >= 0.6 is 0 Å². The van der Waals surface area contributed by atoms with Crippen molar-refractivity contribution in [2.75, 3.05) is 13.2 Å². The first kappa shape index (κ1) is 8.61. The van der Waals surface area contributed by atoms with Gasteiger partial charge in [0, 0.05) is 6.07 Å². The van der Waals surface area contributed by atoms with Gasteiger partial charge >= 0.3 is 5.69 Å². The van der Waals surface area contributed by atoms with Crippen LogP contribution in [-0.2, 0) is 0 Å². The summed E-state index contributed by atoms with van der Waals surface area (Å²) < 4.78 is 10.2. The van der Waals surface area contributed by atoms with Gasteiger partial charge in [0.05, 0.1) is 11.0 Å². The number of rotatable bonds is 1. The standard InChI is InChI=1S/C8H7NO5/c10-5-3-6(9(11)12)8-7(4-5)13-1-2-14-8/h3-4,10H,1-2H2. The van der Waals surface area contributed by atoms with Crippen molar-refractivity contribution in [1.29, 1.82) is 0 Å². The number of fused-ring (bicyclic) bond motifs is 1. The number of nitro benzene ring substituents is 1. The molecule has 0 saturated heterocycles. The minimum absolute atomic E-state index is 0.0825. The molecule has 0 fully saturated rings. The van der Waals surface area contributed by atoms with Gasteiger partial charge in [-0.1, -0.05) is 0 Å². The average Bonchev–Trinajstić information content (AvgIpc) is 2.16. The van der Waals surface area contributed by atoms with Crippen LogP contribution in [0.3, 0.4) is 0 Å². The van der Waals surface area contributed by atoms with Crippen molar-refractivity contribution in [2.45, 2.75) is 0 Å². The normalized spacial score (nSPS) is 13.7. The number of phenolic OH excluding ortho intramolecular Hbond substituents is 1. The fraction of sp³-hybridized carbons (Fsp3) is 0.250. The zero-order chi connectivity index (χ0) is 10.1. The van der Waals surface area contributed by atoms with E-state index in [4.69, 9.17) is 9.47 Å². The van der Waals surface area contributed by atoms with E-state index in [-0.39, 0.29) is 29.5 Å². The van der Waals surface area contributed by atoms with Crippen molar-refractivity contribution in [2.24, 2.45) is 0 Å². The summed E-state index contributed by atoms with van der Waals surface area (Å²) in [6.45, 7) is 0.603. The van der Waals surface area contributed by atoms with Crippen molar-refractivity contribution in [1.82, 2.24) is 0 Å². The maximum atomic E-state index is 10.6. The molecule has 0 spiro atoms. The highest BCUT2D eigenvalue weighted by atomic mass is 16.6. The van der Waals surface area contributed by atoms with Gasteiger partial charge in [0.15, 0.2) is 5.75 Å². The van der Waals surface area contributed by atoms with Crippen LogP contribution in [0, 0.1) is 10.1 Å². The van der Waals surface area contributed by atoms with Gasteiger partial charge in [0.2, 0.25) is 5.75 Å². The molecule has 74 valence electrons. The highest BCUT2D eigenvalue weighted by Crippen LogP contribution is 2.41. The Morgan fingerprint density at radius 1 is 1.36 bits per heavy atom. The minimum Gasteiger partial charge on any atom is -0.508 e. The molecule has 0 atom stereocenters. The smallest absolute Gasteiger partial charge is 0.318 e. The monoisotopic (exact) mass is 197 g/mol. The maximum Gasteiger partial charge on any atom is 0.318 e. The molecule has 0 unspecified atom stereocenters. The zero-order valence-corrected chi connectivity index (χ0v) is 7.10. The van der Waals surface area contributed by atoms with Crippen LogP contribution in [0.4, 0.5) is 5.69 Å². The molecule has 0 saturated carbocycles. The third kappa shape index (κ3) is 1.30. The van der Waals surface area contributed by atoms with Gasteiger partial charge < -0.3 is 14.6 Å². The molecule has 1 aliphatic heterocycles. The lowest BCUT2D eigenvalue weighted by Crippen LogP contribution is -2.16. The van der Waals surface area contributed by atoms with Gasteiger partial charge in [-0.3, -0.25) is 10.1 Å². The Labute approximate surface area is 78.8 Å². The van der Waals surface area contributed by atoms with Crippen LogP contribution in [0.1, 0.15) is 0 Å². The maximum absolute atomic E-state index is 10.6. The van der Waals surface area contributed by atoms with E-state index in [1.54, 1.807) is 0 Å². The molecule has 0 aromatic heterocycles. The molecule has 1 aliphatic rings. The minimum atomic E-state index is -0.618. The van der Waals surface area contributed by atoms with Crippen molar-refractivity contribution >= 4 is 5.69 Å². The summed E-state index contributed by atoms with van der Waals surface area (Å²) in [6, 6.07) is 2.33. The third-order valence-corrected chi connectivity index (χ3v) is 1.80. The highest BCUT2D eigenvalue weighted by molar-refractivity contribution is 5.60. The van der Waals surface area contributed by atoms with Crippen LogP contribution in [0.15, 0.2) is 12.1 Å². The molecular weight excluding hydrogens is 190 g/mol. The van der Waals surface area contributed by atoms with E-state index in [1.165, 1.54) is 6.07 Å². The zero-order valence-electron chi connectivity index (χ0n) is 7.10. The molecule has 0 aliphatic carbocycles. The molecule has 1 N–H and O–H groups in total. The third-order valence-electron chi connectivity index (χ3n) is 1.80. The predicted molar refractivity (Wildman–Crippen MR) is 45.8 cm³/mol. The second kappa shape index (κ2) is 3.06. The molecule has 1 heterocycles. The van der Waals surface area contributed by atoms with E-state index < -0.39 is 4.92 Å². The molecule has 2 rings (SSSR count). The number of nitrogens with zero attached hydrogens (tertiary/aromatic N) is 1. The first-order valence-electron chi connectivity index (χ1n) is 3.95. The van der Waals surface area contributed by atoms with E-state index in [2.05, 4.69) is 0 Å². The number of ether oxygens (including phenoxy) is 2. The van der Waals surface area contributed by atoms with Crippen LogP contribution < -0.4 is 9.47 Å². The van der Waals surface area contributed by atoms with Gasteiger partial charge in [-0.2, -0.15) is 0 Å². The summed E-state index contributed by atoms with van der Waals surface area (Å²) in [5.41, 5.74) is -0.278.